The van der Waals surface area contributed by atoms with Crippen molar-refractivity contribution in [1.29, 1.82) is 0 Å². The summed E-state index contributed by atoms with van der Waals surface area (Å²) in [6.45, 7) is 3.17. The molecule has 2 saturated heterocycles. The lowest BCUT2D eigenvalue weighted by molar-refractivity contribution is -0.123. The van der Waals surface area contributed by atoms with Gasteiger partial charge in [-0.3, -0.25) is 14.5 Å². The van der Waals surface area contributed by atoms with Crippen molar-refractivity contribution >= 4 is 22.7 Å². The second kappa shape index (κ2) is 7.57. The van der Waals surface area contributed by atoms with Crippen molar-refractivity contribution in [2.45, 2.75) is 18.9 Å². The molecule has 2 amide bonds. The fourth-order valence-corrected chi connectivity index (χ4v) is 4.46. The third kappa shape index (κ3) is 3.35. The van der Waals surface area contributed by atoms with Crippen molar-refractivity contribution in [3.8, 4) is 11.3 Å². The minimum absolute atomic E-state index is 0.00633. The number of benzene rings is 2. The Bertz CT molecular complexity index is 1080. The number of carbonyl (C=O) groups excluding carboxylic acids is 2. The van der Waals surface area contributed by atoms with Crippen molar-refractivity contribution < 1.29 is 14.1 Å². The van der Waals surface area contributed by atoms with Crippen LogP contribution in [0.1, 0.15) is 23.2 Å². The maximum atomic E-state index is 13.0. The Hall–Kier alpha value is -3.19. The number of likely N-dealkylation sites (tertiary alicyclic amines) is 2. The van der Waals surface area contributed by atoms with Gasteiger partial charge in [0.1, 0.15) is 5.52 Å². The molecular weight excluding hydrogens is 380 g/mol. The third-order valence-corrected chi connectivity index (χ3v) is 6.36. The highest BCUT2D eigenvalue weighted by Crippen LogP contribution is 2.30. The number of piperidine rings is 1. The lowest BCUT2D eigenvalue weighted by Gasteiger charge is -2.47. The predicted octanol–water partition coefficient (Wildman–Crippen LogP) is 2.52. The van der Waals surface area contributed by atoms with E-state index in [1.54, 1.807) is 0 Å². The smallest absolute Gasteiger partial charge is 0.253 e. The lowest BCUT2D eigenvalue weighted by Crippen LogP contribution is -2.62. The van der Waals surface area contributed by atoms with Crippen LogP contribution in [0.5, 0.6) is 0 Å². The summed E-state index contributed by atoms with van der Waals surface area (Å²) in [5, 5.41) is 4.97. The molecular formula is C23H24N4O3. The summed E-state index contributed by atoms with van der Waals surface area (Å²) in [5.74, 6) is 0.506. The number of amides is 2. The predicted molar refractivity (Wildman–Crippen MR) is 113 cm³/mol. The van der Waals surface area contributed by atoms with Gasteiger partial charge < -0.3 is 15.2 Å². The molecule has 0 aliphatic carbocycles. The number of carbonyl (C=O) groups is 2. The topological polar surface area (TPSA) is 92.7 Å². The van der Waals surface area contributed by atoms with Crippen LogP contribution in [-0.2, 0) is 4.79 Å². The first-order chi connectivity index (χ1) is 14.6. The zero-order valence-electron chi connectivity index (χ0n) is 16.7. The molecule has 0 unspecified atom stereocenters. The van der Waals surface area contributed by atoms with Crippen LogP contribution in [-0.4, -0.2) is 59.0 Å². The van der Waals surface area contributed by atoms with Gasteiger partial charge in [-0.1, -0.05) is 35.5 Å². The fourth-order valence-electron chi connectivity index (χ4n) is 4.46. The fraction of sp³-hybridized carbons (Fsp3) is 0.348. The number of nitrogens with zero attached hydrogens (tertiary/aromatic N) is 3. The summed E-state index contributed by atoms with van der Waals surface area (Å²) in [6.07, 6.45) is 1.62. The minimum atomic E-state index is -0.195. The Kier molecular flexibility index (Phi) is 4.75. The van der Waals surface area contributed by atoms with Gasteiger partial charge in [0.05, 0.1) is 5.39 Å². The molecule has 2 fully saturated rings. The highest BCUT2D eigenvalue weighted by atomic mass is 16.5. The van der Waals surface area contributed by atoms with E-state index in [0.29, 0.717) is 30.5 Å². The monoisotopic (exact) mass is 404 g/mol. The number of rotatable bonds is 4. The summed E-state index contributed by atoms with van der Waals surface area (Å²) in [7, 11) is 0. The normalized spacial score (nSPS) is 18.5. The van der Waals surface area contributed by atoms with Crippen LogP contribution in [0.2, 0.25) is 0 Å². The van der Waals surface area contributed by atoms with Crippen LogP contribution in [0.3, 0.4) is 0 Å². The van der Waals surface area contributed by atoms with E-state index in [1.165, 1.54) is 0 Å². The summed E-state index contributed by atoms with van der Waals surface area (Å²) in [6, 6.07) is 15.7. The number of primary amides is 1. The number of hydrogen-bond donors (Lipinski definition) is 1. The molecule has 7 nitrogen and oxygen atoms in total. The van der Waals surface area contributed by atoms with Crippen molar-refractivity contribution in [3.05, 3.63) is 54.1 Å². The molecule has 0 bridgehead atoms. The molecule has 3 aromatic rings. The Morgan fingerprint density at radius 3 is 2.47 bits per heavy atom. The zero-order valence-corrected chi connectivity index (χ0v) is 16.7. The van der Waals surface area contributed by atoms with Crippen LogP contribution in [0.15, 0.2) is 53.1 Å². The summed E-state index contributed by atoms with van der Waals surface area (Å²) < 4.78 is 5.54. The van der Waals surface area contributed by atoms with Crippen LogP contribution in [0.4, 0.5) is 0 Å². The number of fused-ring (bicyclic) bond motifs is 1. The maximum absolute atomic E-state index is 13.0. The molecule has 7 heteroatoms. The van der Waals surface area contributed by atoms with Gasteiger partial charge in [0.2, 0.25) is 5.91 Å². The Balaban J connectivity index is 1.27. The average Bonchev–Trinajstić information content (AvgIpc) is 3.17. The van der Waals surface area contributed by atoms with Crippen molar-refractivity contribution in [2.75, 3.05) is 26.2 Å². The van der Waals surface area contributed by atoms with E-state index in [0.717, 1.165) is 42.4 Å². The van der Waals surface area contributed by atoms with E-state index in [1.807, 2.05) is 53.4 Å². The first-order valence-corrected chi connectivity index (χ1v) is 10.4. The number of aromatic nitrogens is 1. The molecule has 5 rings (SSSR count). The Morgan fingerprint density at radius 1 is 1.03 bits per heavy atom. The Labute approximate surface area is 174 Å². The van der Waals surface area contributed by atoms with Crippen LogP contribution in [0, 0.1) is 5.92 Å². The molecule has 0 spiro atoms. The summed E-state index contributed by atoms with van der Waals surface area (Å²) >= 11 is 0. The van der Waals surface area contributed by atoms with Gasteiger partial charge in [0, 0.05) is 36.2 Å². The van der Waals surface area contributed by atoms with E-state index >= 15 is 0 Å². The largest absolute Gasteiger partial charge is 0.369 e. The standard InChI is InChI=1S/C23H24N4O3/c24-22(28)16-8-10-26(11-9-16)18-13-27(14-18)23(29)17-6-7-20-19(12-17)21(30-25-20)15-4-2-1-3-5-15/h1-7,12,16,18H,8-11,13-14H2,(H2,24,28). The molecule has 2 aliphatic rings. The zero-order chi connectivity index (χ0) is 20.7. The summed E-state index contributed by atoms with van der Waals surface area (Å²) in [4.78, 5) is 28.6. The molecule has 0 atom stereocenters. The molecule has 0 radical (unpaired) electrons. The molecule has 30 heavy (non-hydrogen) atoms. The van der Waals surface area contributed by atoms with Gasteiger partial charge in [-0.2, -0.15) is 0 Å². The first-order valence-electron chi connectivity index (χ1n) is 10.4. The molecule has 0 saturated carbocycles. The van der Waals surface area contributed by atoms with Gasteiger partial charge in [-0.05, 0) is 44.1 Å². The van der Waals surface area contributed by atoms with E-state index in [2.05, 4.69) is 10.1 Å². The van der Waals surface area contributed by atoms with E-state index < -0.39 is 0 Å². The van der Waals surface area contributed by atoms with E-state index in [9.17, 15) is 9.59 Å². The molecule has 1 aromatic heterocycles. The quantitative estimate of drug-likeness (QED) is 0.721. The Morgan fingerprint density at radius 2 is 1.77 bits per heavy atom. The molecule has 3 heterocycles. The van der Waals surface area contributed by atoms with Crippen molar-refractivity contribution in [3.63, 3.8) is 0 Å². The lowest BCUT2D eigenvalue weighted by atomic mass is 9.93. The molecule has 2 N–H and O–H groups in total. The van der Waals surface area contributed by atoms with Gasteiger partial charge in [-0.15, -0.1) is 0 Å². The molecule has 2 aromatic carbocycles. The highest BCUT2D eigenvalue weighted by Gasteiger charge is 2.37. The number of hydrogen-bond acceptors (Lipinski definition) is 5. The van der Waals surface area contributed by atoms with Crippen molar-refractivity contribution in [1.82, 2.24) is 15.0 Å². The summed E-state index contributed by atoms with van der Waals surface area (Å²) in [5.41, 5.74) is 7.74. The number of nitrogens with two attached hydrogens (primary N) is 1. The molecule has 2 aliphatic heterocycles. The van der Waals surface area contributed by atoms with Gasteiger partial charge in [-0.25, -0.2) is 0 Å². The highest BCUT2D eigenvalue weighted by molar-refractivity contribution is 6.01. The maximum Gasteiger partial charge on any atom is 0.253 e. The third-order valence-electron chi connectivity index (χ3n) is 6.36. The first kappa shape index (κ1) is 18.8. The SMILES string of the molecule is NC(=O)C1CCN(C2CN(C(=O)c3ccc4noc(-c5ccccc5)c4c3)C2)CC1. The van der Waals surface area contributed by atoms with Crippen molar-refractivity contribution in [2.24, 2.45) is 11.7 Å². The van der Waals surface area contributed by atoms with Crippen LogP contribution in [0.25, 0.3) is 22.2 Å². The van der Waals surface area contributed by atoms with Gasteiger partial charge in [0.15, 0.2) is 5.76 Å². The van der Waals surface area contributed by atoms with Gasteiger partial charge in [0.25, 0.3) is 5.91 Å². The van der Waals surface area contributed by atoms with E-state index in [-0.39, 0.29) is 17.7 Å². The van der Waals surface area contributed by atoms with Crippen LogP contribution >= 0.6 is 0 Å². The van der Waals surface area contributed by atoms with E-state index in [4.69, 9.17) is 10.3 Å². The second-order valence-electron chi connectivity index (χ2n) is 8.19. The minimum Gasteiger partial charge on any atom is -0.369 e. The second-order valence-corrected chi connectivity index (χ2v) is 8.19. The van der Waals surface area contributed by atoms with Crippen LogP contribution < -0.4 is 5.73 Å². The molecule has 154 valence electrons. The van der Waals surface area contributed by atoms with Gasteiger partial charge >= 0.3 is 0 Å². The average molecular weight is 404 g/mol.